The number of rotatable bonds is 5. The van der Waals surface area contributed by atoms with Crippen molar-refractivity contribution < 1.29 is 0 Å². The number of hydrogen-bond acceptors (Lipinski definition) is 4. The van der Waals surface area contributed by atoms with Crippen LogP contribution in [0.4, 0.5) is 5.82 Å². The standard InChI is InChI=1S/C14H17ClN4/c1-19(9-11-5-2-3-7-13(11)15)10-12-6-4-8-17-14(12)18-16/h2-8H,9-10,16H2,1H3,(H,17,18). The van der Waals surface area contributed by atoms with Gasteiger partial charge >= 0.3 is 0 Å². The zero-order valence-electron chi connectivity index (χ0n) is 10.8. The van der Waals surface area contributed by atoms with Crippen LogP contribution in [0.15, 0.2) is 42.6 Å². The van der Waals surface area contributed by atoms with Crippen molar-refractivity contribution in [2.75, 3.05) is 12.5 Å². The van der Waals surface area contributed by atoms with Crippen LogP contribution in [0.25, 0.3) is 0 Å². The summed E-state index contributed by atoms with van der Waals surface area (Å²) in [5.74, 6) is 6.15. The largest absolute Gasteiger partial charge is 0.308 e. The predicted octanol–water partition coefficient (Wildman–Crippen LogP) is 2.65. The third-order valence-corrected chi connectivity index (χ3v) is 3.24. The van der Waals surface area contributed by atoms with Crippen LogP contribution < -0.4 is 11.3 Å². The fourth-order valence-corrected chi connectivity index (χ4v) is 2.16. The Hall–Kier alpha value is -1.62. The van der Waals surface area contributed by atoms with E-state index in [9.17, 15) is 0 Å². The van der Waals surface area contributed by atoms with E-state index in [0.717, 1.165) is 29.2 Å². The summed E-state index contributed by atoms with van der Waals surface area (Å²) in [6, 6.07) is 11.8. The highest BCUT2D eigenvalue weighted by Crippen LogP contribution is 2.18. The summed E-state index contributed by atoms with van der Waals surface area (Å²) < 4.78 is 0. The minimum atomic E-state index is 0.702. The molecule has 0 aliphatic carbocycles. The van der Waals surface area contributed by atoms with Gasteiger partial charge in [0, 0.05) is 29.9 Å². The molecule has 0 saturated heterocycles. The van der Waals surface area contributed by atoms with Gasteiger partial charge in [-0.05, 0) is 24.7 Å². The van der Waals surface area contributed by atoms with Crippen molar-refractivity contribution in [3.63, 3.8) is 0 Å². The molecule has 2 rings (SSSR count). The molecule has 0 bridgehead atoms. The number of benzene rings is 1. The van der Waals surface area contributed by atoms with E-state index >= 15 is 0 Å². The van der Waals surface area contributed by atoms with Crippen LogP contribution in [-0.2, 0) is 13.1 Å². The first-order chi connectivity index (χ1) is 9.20. The molecular formula is C14H17ClN4. The van der Waals surface area contributed by atoms with Crippen molar-refractivity contribution in [1.29, 1.82) is 0 Å². The Balaban J connectivity index is 2.05. The summed E-state index contributed by atoms with van der Waals surface area (Å²) in [7, 11) is 2.04. The zero-order valence-corrected chi connectivity index (χ0v) is 11.6. The number of aromatic nitrogens is 1. The van der Waals surface area contributed by atoms with Gasteiger partial charge in [-0.25, -0.2) is 10.8 Å². The zero-order chi connectivity index (χ0) is 13.7. The molecule has 1 aromatic heterocycles. The molecule has 1 aromatic carbocycles. The van der Waals surface area contributed by atoms with Crippen molar-refractivity contribution in [2.24, 2.45) is 5.84 Å². The Morgan fingerprint density at radius 1 is 1.16 bits per heavy atom. The molecule has 0 amide bonds. The molecular weight excluding hydrogens is 260 g/mol. The summed E-state index contributed by atoms with van der Waals surface area (Å²) in [6.45, 7) is 1.52. The van der Waals surface area contributed by atoms with E-state index in [-0.39, 0.29) is 0 Å². The van der Waals surface area contributed by atoms with E-state index in [1.165, 1.54) is 0 Å². The average Bonchev–Trinajstić information content (AvgIpc) is 2.42. The minimum absolute atomic E-state index is 0.702. The first-order valence-corrected chi connectivity index (χ1v) is 6.41. The maximum absolute atomic E-state index is 6.16. The molecule has 19 heavy (non-hydrogen) atoms. The van der Waals surface area contributed by atoms with Crippen molar-refractivity contribution >= 4 is 17.4 Å². The number of hydrogen-bond donors (Lipinski definition) is 2. The number of halogens is 1. The van der Waals surface area contributed by atoms with Crippen molar-refractivity contribution in [3.05, 3.63) is 58.7 Å². The second kappa shape index (κ2) is 6.52. The highest BCUT2D eigenvalue weighted by Gasteiger charge is 2.07. The molecule has 1 heterocycles. The van der Waals surface area contributed by atoms with Gasteiger partial charge in [-0.15, -0.1) is 0 Å². The van der Waals surface area contributed by atoms with Gasteiger partial charge in [-0.1, -0.05) is 35.9 Å². The molecule has 0 spiro atoms. The molecule has 0 unspecified atom stereocenters. The fraction of sp³-hybridized carbons (Fsp3) is 0.214. The lowest BCUT2D eigenvalue weighted by Crippen LogP contribution is -2.20. The topological polar surface area (TPSA) is 54.2 Å². The predicted molar refractivity (Wildman–Crippen MR) is 78.7 cm³/mol. The molecule has 0 aliphatic rings. The van der Waals surface area contributed by atoms with E-state index in [1.54, 1.807) is 6.20 Å². The maximum Gasteiger partial charge on any atom is 0.144 e. The Morgan fingerprint density at radius 2 is 1.84 bits per heavy atom. The third-order valence-electron chi connectivity index (χ3n) is 2.87. The third kappa shape index (κ3) is 3.67. The first kappa shape index (κ1) is 13.8. The highest BCUT2D eigenvalue weighted by molar-refractivity contribution is 6.31. The second-order valence-electron chi connectivity index (χ2n) is 4.42. The summed E-state index contributed by atoms with van der Waals surface area (Å²) in [5, 5.41) is 0.790. The number of nitrogens with zero attached hydrogens (tertiary/aromatic N) is 2. The lowest BCUT2D eigenvalue weighted by molar-refractivity contribution is 0.319. The Kier molecular flexibility index (Phi) is 4.74. The molecule has 5 heteroatoms. The Bertz CT molecular complexity index is 544. The number of pyridine rings is 1. The molecule has 0 fully saturated rings. The Morgan fingerprint density at radius 3 is 2.58 bits per heavy atom. The Labute approximate surface area is 118 Å². The molecule has 4 nitrogen and oxygen atoms in total. The van der Waals surface area contributed by atoms with E-state index in [0.29, 0.717) is 5.82 Å². The highest BCUT2D eigenvalue weighted by atomic mass is 35.5. The van der Waals surface area contributed by atoms with Crippen LogP contribution in [0.2, 0.25) is 5.02 Å². The lowest BCUT2D eigenvalue weighted by atomic mass is 10.2. The number of hydrazine groups is 1. The average molecular weight is 277 g/mol. The van der Waals surface area contributed by atoms with Gasteiger partial charge in [0.2, 0.25) is 0 Å². The summed E-state index contributed by atoms with van der Waals surface area (Å²) >= 11 is 6.16. The fourth-order valence-electron chi connectivity index (χ4n) is 1.96. The van der Waals surface area contributed by atoms with Crippen LogP contribution in [0.3, 0.4) is 0 Å². The van der Waals surface area contributed by atoms with Gasteiger partial charge < -0.3 is 5.43 Å². The van der Waals surface area contributed by atoms with Gasteiger partial charge in [0.25, 0.3) is 0 Å². The summed E-state index contributed by atoms with van der Waals surface area (Å²) in [6.07, 6.45) is 1.72. The van der Waals surface area contributed by atoms with Crippen molar-refractivity contribution in [3.8, 4) is 0 Å². The summed E-state index contributed by atoms with van der Waals surface area (Å²) in [5.41, 5.74) is 4.78. The number of nitrogens with one attached hydrogen (secondary N) is 1. The normalized spacial score (nSPS) is 10.7. The van der Waals surface area contributed by atoms with Crippen LogP contribution >= 0.6 is 11.6 Å². The molecule has 0 radical (unpaired) electrons. The number of nitrogen functional groups attached to an aromatic ring is 1. The molecule has 3 N–H and O–H groups in total. The molecule has 2 aromatic rings. The maximum atomic E-state index is 6.16. The minimum Gasteiger partial charge on any atom is -0.308 e. The summed E-state index contributed by atoms with van der Waals surface area (Å²) in [4.78, 5) is 6.35. The monoisotopic (exact) mass is 276 g/mol. The van der Waals surface area contributed by atoms with Gasteiger partial charge in [0.05, 0.1) is 0 Å². The van der Waals surface area contributed by atoms with Gasteiger partial charge in [-0.3, -0.25) is 4.90 Å². The van der Waals surface area contributed by atoms with Gasteiger partial charge in [0.15, 0.2) is 0 Å². The first-order valence-electron chi connectivity index (χ1n) is 6.03. The molecule has 0 atom stereocenters. The van der Waals surface area contributed by atoms with Crippen LogP contribution in [0.5, 0.6) is 0 Å². The smallest absolute Gasteiger partial charge is 0.144 e. The van der Waals surface area contributed by atoms with E-state index < -0.39 is 0 Å². The lowest BCUT2D eigenvalue weighted by Gasteiger charge is -2.18. The quantitative estimate of drug-likeness (QED) is 0.651. The van der Waals surface area contributed by atoms with Crippen molar-refractivity contribution in [1.82, 2.24) is 9.88 Å². The van der Waals surface area contributed by atoms with Gasteiger partial charge in [0.1, 0.15) is 5.82 Å². The van der Waals surface area contributed by atoms with Crippen LogP contribution in [-0.4, -0.2) is 16.9 Å². The second-order valence-corrected chi connectivity index (χ2v) is 4.83. The number of anilines is 1. The van der Waals surface area contributed by atoms with E-state index in [4.69, 9.17) is 17.4 Å². The van der Waals surface area contributed by atoms with Crippen molar-refractivity contribution in [2.45, 2.75) is 13.1 Å². The molecule has 0 aliphatic heterocycles. The molecule has 100 valence electrons. The van der Waals surface area contributed by atoms with Crippen LogP contribution in [0.1, 0.15) is 11.1 Å². The van der Waals surface area contributed by atoms with Gasteiger partial charge in [-0.2, -0.15) is 0 Å². The van der Waals surface area contributed by atoms with Crippen LogP contribution in [0, 0.1) is 0 Å². The van der Waals surface area contributed by atoms with E-state index in [1.807, 2.05) is 43.4 Å². The molecule has 0 saturated carbocycles. The van der Waals surface area contributed by atoms with E-state index in [2.05, 4.69) is 15.3 Å². The number of nitrogens with two attached hydrogens (primary N) is 1. The SMILES string of the molecule is CN(Cc1ccccc1Cl)Cc1cccnc1NN.